The molecule has 0 aromatic heterocycles. The number of alkyl halides is 3. The Morgan fingerprint density at radius 3 is 2.50 bits per heavy atom. The summed E-state index contributed by atoms with van der Waals surface area (Å²) in [5.41, 5.74) is 0.0184. The van der Waals surface area contributed by atoms with Gasteiger partial charge >= 0.3 is 6.18 Å². The molecule has 0 unspecified atom stereocenters. The zero-order chi connectivity index (χ0) is 20.1. The van der Waals surface area contributed by atoms with Gasteiger partial charge in [0.2, 0.25) is 0 Å². The van der Waals surface area contributed by atoms with Crippen LogP contribution in [0, 0.1) is 11.7 Å². The van der Waals surface area contributed by atoms with Crippen molar-refractivity contribution in [3.8, 4) is 5.75 Å². The highest BCUT2D eigenvalue weighted by molar-refractivity contribution is 5.95. The molecule has 156 valence electrons. The Morgan fingerprint density at radius 1 is 1.18 bits per heavy atom. The molecule has 1 aromatic rings. The number of amides is 1. The smallest absolute Gasteiger partial charge is 0.401 e. The van der Waals surface area contributed by atoms with E-state index in [0.29, 0.717) is 31.4 Å². The molecule has 0 spiro atoms. The van der Waals surface area contributed by atoms with E-state index in [1.807, 2.05) is 0 Å². The van der Waals surface area contributed by atoms with Crippen molar-refractivity contribution in [3.05, 3.63) is 29.6 Å². The molecule has 2 aliphatic rings. The van der Waals surface area contributed by atoms with Gasteiger partial charge in [-0.1, -0.05) is 0 Å². The molecule has 0 bridgehead atoms. The molecule has 4 nitrogen and oxygen atoms in total. The van der Waals surface area contributed by atoms with Crippen LogP contribution < -0.4 is 10.1 Å². The molecule has 1 heterocycles. The lowest BCUT2D eigenvalue weighted by Crippen LogP contribution is -2.40. The Kier molecular flexibility index (Phi) is 6.80. The first-order valence-electron chi connectivity index (χ1n) is 9.82. The van der Waals surface area contributed by atoms with Gasteiger partial charge in [-0.25, -0.2) is 4.39 Å². The molecule has 0 atom stereocenters. The molecule has 3 rings (SSSR count). The molecule has 1 saturated heterocycles. The fraction of sp³-hybridized carbons (Fsp3) is 0.650. The number of rotatable bonds is 8. The van der Waals surface area contributed by atoms with Crippen LogP contribution >= 0.6 is 0 Å². The molecule has 1 amide bonds. The van der Waals surface area contributed by atoms with Crippen LogP contribution in [0.5, 0.6) is 5.75 Å². The van der Waals surface area contributed by atoms with Crippen LogP contribution in [-0.2, 0) is 0 Å². The zero-order valence-corrected chi connectivity index (χ0v) is 15.7. The van der Waals surface area contributed by atoms with Crippen LogP contribution in [0.25, 0.3) is 0 Å². The van der Waals surface area contributed by atoms with Gasteiger partial charge in [-0.15, -0.1) is 0 Å². The van der Waals surface area contributed by atoms with Gasteiger partial charge in [0, 0.05) is 12.1 Å². The van der Waals surface area contributed by atoms with Crippen LogP contribution in [0.3, 0.4) is 0 Å². The van der Waals surface area contributed by atoms with Crippen molar-refractivity contribution in [2.24, 2.45) is 5.92 Å². The van der Waals surface area contributed by atoms with E-state index in [9.17, 15) is 22.4 Å². The van der Waals surface area contributed by atoms with Crippen molar-refractivity contribution in [1.82, 2.24) is 10.2 Å². The van der Waals surface area contributed by atoms with Crippen LogP contribution in [0.4, 0.5) is 17.6 Å². The van der Waals surface area contributed by atoms with Crippen LogP contribution in [0.1, 0.15) is 48.9 Å². The normalized spacial score (nSPS) is 18.9. The second-order valence-corrected chi connectivity index (χ2v) is 7.71. The van der Waals surface area contributed by atoms with Crippen molar-refractivity contribution in [3.63, 3.8) is 0 Å². The Labute approximate surface area is 162 Å². The quantitative estimate of drug-likeness (QED) is 0.525. The Bertz CT molecular complexity index is 669. The average molecular weight is 402 g/mol. The molecule has 1 aromatic carbocycles. The zero-order valence-electron chi connectivity index (χ0n) is 15.7. The lowest BCUT2D eigenvalue weighted by atomic mass is 9.92. The van der Waals surface area contributed by atoms with E-state index >= 15 is 0 Å². The summed E-state index contributed by atoms with van der Waals surface area (Å²) in [5, 5.41) is 2.75. The predicted octanol–water partition coefficient (Wildman–Crippen LogP) is 4.15. The number of nitrogens with zero attached hydrogens (tertiary/aromatic N) is 1. The molecule has 2 fully saturated rings. The SMILES string of the molecule is O=C(NC1CC1)c1ccc(OCCCC2CCN(CC(F)(F)F)CC2)cc1F. The topological polar surface area (TPSA) is 41.6 Å². The number of piperidine rings is 1. The summed E-state index contributed by atoms with van der Waals surface area (Å²) < 4.78 is 56.8. The molecule has 1 saturated carbocycles. The van der Waals surface area contributed by atoms with Gasteiger partial charge in [0.15, 0.2) is 0 Å². The molecular formula is C20H26F4N2O2. The van der Waals surface area contributed by atoms with E-state index in [2.05, 4.69) is 5.32 Å². The number of halogens is 4. The second-order valence-electron chi connectivity index (χ2n) is 7.71. The molecule has 8 heteroatoms. The summed E-state index contributed by atoms with van der Waals surface area (Å²) >= 11 is 0. The average Bonchev–Trinajstić information content (AvgIpc) is 3.43. The maximum absolute atomic E-state index is 14.1. The Balaban J connectivity index is 1.34. The fourth-order valence-electron chi connectivity index (χ4n) is 3.51. The Morgan fingerprint density at radius 2 is 1.89 bits per heavy atom. The van der Waals surface area contributed by atoms with Crippen LogP contribution in [0.15, 0.2) is 18.2 Å². The molecule has 1 aliphatic heterocycles. The van der Waals surface area contributed by atoms with Crippen LogP contribution in [-0.4, -0.2) is 49.3 Å². The molecule has 28 heavy (non-hydrogen) atoms. The third-order valence-electron chi connectivity index (χ3n) is 5.23. The maximum Gasteiger partial charge on any atom is 0.401 e. The number of carbonyl (C=O) groups is 1. The van der Waals surface area contributed by atoms with Gasteiger partial charge in [0.25, 0.3) is 5.91 Å². The van der Waals surface area contributed by atoms with Crippen molar-refractivity contribution in [2.45, 2.75) is 50.7 Å². The third-order valence-corrected chi connectivity index (χ3v) is 5.23. The van der Waals surface area contributed by atoms with Gasteiger partial charge in [0.05, 0.1) is 18.7 Å². The first-order chi connectivity index (χ1) is 13.3. The summed E-state index contributed by atoms with van der Waals surface area (Å²) in [6.45, 7) is 0.528. The minimum absolute atomic E-state index is 0.0184. The monoisotopic (exact) mass is 402 g/mol. The van der Waals surface area contributed by atoms with Gasteiger partial charge in [-0.3, -0.25) is 9.69 Å². The number of likely N-dealkylation sites (tertiary alicyclic amines) is 1. The summed E-state index contributed by atoms with van der Waals surface area (Å²) in [5.74, 6) is -0.227. The number of hydrogen-bond donors (Lipinski definition) is 1. The van der Waals surface area contributed by atoms with Crippen molar-refractivity contribution in [2.75, 3.05) is 26.2 Å². The maximum atomic E-state index is 14.1. The minimum atomic E-state index is -4.13. The first kappa shape index (κ1) is 20.9. The van der Waals surface area contributed by atoms with Gasteiger partial charge in [0.1, 0.15) is 11.6 Å². The molecule has 0 radical (unpaired) electrons. The number of hydrogen-bond acceptors (Lipinski definition) is 3. The predicted molar refractivity (Wildman–Crippen MR) is 96.8 cm³/mol. The Hall–Kier alpha value is -1.83. The van der Waals surface area contributed by atoms with E-state index in [-0.39, 0.29) is 11.6 Å². The molecule has 1 aliphatic carbocycles. The van der Waals surface area contributed by atoms with Crippen LogP contribution in [0.2, 0.25) is 0 Å². The standard InChI is InChI=1S/C20H26F4N2O2/c21-18-12-16(5-6-17(18)19(27)25-15-3-4-15)28-11-1-2-14-7-9-26(10-8-14)13-20(22,23)24/h5-6,12,14-15H,1-4,7-11,13H2,(H,25,27). The van der Waals surface area contributed by atoms with Gasteiger partial charge < -0.3 is 10.1 Å². The highest BCUT2D eigenvalue weighted by Crippen LogP contribution is 2.26. The summed E-state index contributed by atoms with van der Waals surface area (Å²) in [6.07, 6.45) is 0.903. The molecule has 1 N–H and O–H groups in total. The second kappa shape index (κ2) is 9.11. The van der Waals surface area contributed by atoms with Crippen molar-refractivity contribution in [1.29, 1.82) is 0 Å². The summed E-state index contributed by atoms with van der Waals surface area (Å²) in [4.78, 5) is 13.4. The van der Waals surface area contributed by atoms with Crippen molar-refractivity contribution < 1.29 is 27.1 Å². The van der Waals surface area contributed by atoms with E-state index < -0.39 is 24.4 Å². The largest absolute Gasteiger partial charge is 0.493 e. The number of benzene rings is 1. The van der Waals surface area contributed by atoms with E-state index in [4.69, 9.17) is 4.74 Å². The molecular weight excluding hydrogens is 376 g/mol. The highest BCUT2D eigenvalue weighted by atomic mass is 19.4. The number of nitrogens with one attached hydrogen (secondary N) is 1. The lowest BCUT2D eigenvalue weighted by Gasteiger charge is -2.32. The third kappa shape index (κ3) is 6.65. The summed E-state index contributed by atoms with van der Waals surface area (Å²) in [6, 6.07) is 4.40. The van der Waals surface area contributed by atoms with Gasteiger partial charge in [-0.2, -0.15) is 13.2 Å². The van der Waals surface area contributed by atoms with E-state index in [0.717, 1.165) is 38.5 Å². The number of ether oxygens (including phenoxy) is 1. The highest BCUT2D eigenvalue weighted by Gasteiger charge is 2.32. The minimum Gasteiger partial charge on any atom is -0.493 e. The fourth-order valence-corrected chi connectivity index (χ4v) is 3.51. The number of carbonyl (C=O) groups excluding carboxylic acids is 1. The first-order valence-corrected chi connectivity index (χ1v) is 9.82. The lowest BCUT2D eigenvalue weighted by molar-refractivity contribution is -0.148. The van der Waals surface area contributed by atoms with E-state index in [1.165, 1.54) is 17.0 Å². The summed E-state index contributed by atoms with van der Waals surface area (Å²) in [7, 11) is 0. The van der Waals surface area contributed by atoms with E-state index in [1.54, 1.807) is 6.07 Å². The van der Waals surface area contributed by atoms with Gasteiger partial charge in [-0.05, 0) is 69.7 Å². The van der Waals surface area contributed by atoms with Crippen molar-refractivity contribution >= 4 is 5.91 Å².